The first-order valence-corrected chi connectivity index (χ1v) is 11.1. The van der Waals surface area contributed by atoms with E-state index < -0.39 is 5.63 Å². The fourth-order valence-electron chi connectivity index (χ4n) is 3.80. The molecule has 8 heteroatoms. The molecule has 0 atom stereocenters. The van der Waals surface area contributed by atoms with E-state index in [1.807, 2.05) is 26.8 Å². The van der Waals surface area contributed by atoms with Crippen molar-refractivity contribution >= 4 is 28.5 Å². The first-order chi connectivity index (χ1) is 15.8. The van der Waals surface area contributed by atoms with Gasteiger partial charge in [-0.3, -0.25) is 4.79 Å². The lowest BCUT2D eigenvalue weighted by molar-refractivity contribution is -0.147. The molecule has 1 aromatic heterocycles. The Morgan fingerprint density at radius 1 is 1.15 bits per heavy atom. The van der Waals surface area contributed by atoms with Crippen molar-refractivity contribution in [3.8, 4) is 11.5 Å². The van der Waals surface area contributed by atoms with E-state index in [9.17, 15) is 9.59 Å². The van der Waals surface area contributed by atoms with Gasteiger partial charge in [-0.25, -0.2) is 4.79 Å². The highest BCUT2D eigenvalue weighted by molar-refractivity contribution is 6.30. The SMILES string of the molecule is Cc1cc(=O)oc2cc(OCc3cc(Cl)cc4c3OCOC4)c(CCC(=O)OC(C)C)cc12. The molecule has 3 aromatic rings. The summed E-state index contributed by atoms with van der Waals surface area (Å²) in [6, 6.07) is 8.62. The van der Waals surface area contributed by atoms with E-state index >= 15 is 0 Å². The van der Waals surface area contributed by atoms with Crippen LogP contribution in [0.5, 0.6) is 11.5 Å². The second-order valence-electron chi connectivity index (χ2n) is 8.20. The Morgan fingerprint density at radius 2 is 1.97 bits per heavy atom. The van der Waals surface area contributed by atoms with E-state index in [1.165, 1.54) is 6.07 Å². The van der Waals surface area contributed by atoms with E-state index in [1.54, 1.807) is 18.2 Å². The summed E-state index contributed by atoms with van der Waals surface area (Å²) in [7, 11) is 0. The largest absolute Gasteiger partial charge is 0.488 e. The van der Waals surface area contributed by atoms with Gasteiger partial charge < -0.3 is 23.4 Å². The first kappa shape index (κ1) is 23.1. The van der Waals surface area contributed by atoms with Crippen molar-refractivity contribution in [3.05, 3.63) is 68.0 Å². The lowest BCUT2D eigenvalue weighted by Gasteiger charge is -2.21. The molecule has 0 N–H and O–H groups in total. The van der Waals surface area contributed by atoms with Crippen molar-refractivity contribution in [3.63, 3.8) is 0 Å². The zero-order valence-electron chi connectivity index (χ0n) is 18.7. The topological polar surface area (TPSA) is 84.2 Å². The summed E-state index contributed by atoms with van der Waals surface area (Å²) in [6.45, 7) is 6.21. The molecular formula is C25H25ClO7. The molecule has 0 aliphatic carbocycles. The third kappa shape index (κ3) is 5.49. The molecule has 0 bridgehead atoms. The zero-order valence-corrected chi connectivity index (χ0v) is 19.5. The monoisotopic (exact) mass is 472 g/mol. The highest BCUT2D eigenvalue weighted by atomic mass is 35.5. The van der Waals surface area contributed by atoms with E-state index in [2.05, 4.69) is 0 Å². The predicted octanol–water partition coefficient (Wildman–Crippen LogP) is 5.08. The molecule has 0 unspecified atom stereocenters. The number of hydrogen-bond acceptors (Lipinski definition) is 7. The van der Waals surface area contributed by atoms with Gasteiger partial charge in [-0.2, -0.15) is 0 Å². The molecule has 2 heterocycles. The lowest BCUT2D eigenvalue weighted by atomic mass is 10.0. The van der Waals surface area contributed by atoms with Gasteiger partial charge >= 0.3 is 11.6 Å². The van der Waals surface area contributed by atoms with Crippen LogP contribution in [0.25, 0.3) is 11.0 Å². The predicted molar refractivity (Wildman–Crippen MR) is 123 cm³/mol. The van der Waals surface area contributed by atoms with E-state index in [4.69, 9.17) is 35.0 Å². The maximum absolute atomic E-state index is 12.1. The van der Waals surface area contributed by atoms with Crippen molar-refractivity contribution < 1.29 is 28.2 Å². The van der Waals surface area contributed by atoms with E-state index in [0.717, 1.165) is 27.6 Å². The Balaban J connectivity index is 1.66. The van der Waals surface area contributed by atoms with Crippen LogP contribution in [-0.2, 0) is 33.9 Å². The molecule has 0 fully saturated rings. The van der Waals surface area contributed by atoms with Gasteiger partial charge in [0.1, 0.15) is 23.7 Å². The van der Waals surface area contributed by atoms with Crippen LogP contribution in [0.2, 0.25) is 5.02 Å². The normalized spacial score (nSPS) is 13.0. The molecule has 0 saturated heterocycles. The molecule has 7 nitrogen and oxygen atoms in total. The first-order valence-electron chi connectivity index (χ1n) is 10.7. The summed E-state index contributed by atoms with van der Waals surface area (Å²) < 4.78 is 27.8. The van der Waals surface area contributed by atoms with Crippen molar-refractivity contribution in [1.29, 1.82) is 0 Å². The number of hydrogen-bond donors (Lipinski definition) is 0. The van der Waals surface area contributed by atoms with E-state index in [0.29, 0.717) is 35.1 Å². The minimum absolute atomic E-state index is 0.158. The molecule has 174 valence electrons. The van der Waals surface area contributed by atoms with Crippen molar-refractivity contribution in [2.24, 2.45) is 0 Å². The number of halogens is 1. The number of aryl methyl sites for hydroxylation is 2. The fourth-order valence-corrected chi connectivity index (χ4v) is 4.06. The summed E-state index contributed by atoms with van der Waals surface area (Å²) in [4.78, 5) is 24.0. The summed E-state index contributed by atoms with van der Waals surface area (Å²) in [5.74, 6) is 0.912. The standard InChI is InChI=1S/C25H25ClO7/c1-14(2)32-23(27)5-4-16-9-20-15(3)6-24(28)33-22(20)10-21(16)30-12-18-8-19(26)7-17-11-29-13-31-25(17)18/h6-10,14H,4-5,11-13H2,1-3H3. The number of esters is 1. The Hall–Kier alpha value is -3.03. The van der Waals surface area contributed by atoms with E-state index in [-0.39, 0.29) is 31.9 Å². The third-order valence-electron chi connectivity index (χ3n) is 5.23. The van der Waals surface area contributed by atoms with Crippen LogP contribution >= 0.6 is 11.6 Å². The Bertz CT molecular complexity index is 1250. The number of ether oxygens (including phenoxy) is 4. The minimum Gasteiger partial charge on any atom is -0.488 e. The number of rotatable bonds is 7. The molecular weight excluding hydrogens is 448 g/mol. The van der Waals surface area contributed by atoms with Gasteiger partial charge in [0.2, 0.25) is 0 Å². The number of carbonyl (C=O) groups excluding carboxylic acids is 1. The maximum atomic E-state index is 12.1. The molecule has 1 aliphatic rings. The molecule has 4 rings (SSSR count). The van der Waals surface area contributed by atoms with Crippen molar-refractivity contribution in [2.75, 3.05) is 6.79 Å². The van der Waals surface area contributed by atoms with Gasteiger partial charge in [-0.1, -0.05) is 11.6 Å². The quantitative estimate of drug-likeness (QED) is 0.350. The third-order valence-corrected chi connectivity index (χ3v) is 5.45. The molecule has 0 amide bonds. The fraction of sp³-hybridized carbons (Fsp3) is 0.360. The van der Waals surface area contributed by atoms with Gasteiger partial charge in [0.05, 0.1) is 12.7 Å². The number of benzene rings is 2. The Labute approximate surface area is 196 Å². The van der Waals surface area contributed by atoms with Gasteiger partial charge in [-0.15, -0.1) is 0 Å². The lowest BCUT2D eigenvalue weighted by Crippen LogP contribution is -2.14. The molecule has 2 aromatic carbocycles. The summed E-state index contributed by atoms with van der Waals surface area (Å²) in [5, 5.41) is 1.34. The van der Waals surface area contributed by atoms with Gasteiger partial charge in [0.15, 0.2) is 6.79 Å². The molecule has 0 radical (unpaired) electrons. The zero-order chi connectivity index (χ0) is 23.5. The summed E-state index contributed by atoms with van der Waals surface area (Å²) in [5.41, 5.74) is 3.20. The van der Waals surface area contributed by atoms with Gasteiger partial charge in [0.25, 0.3) is 0 Å². The smallest absolute Gasteiger partial charge is 0.336 e. The second kappa shape index (κ2) is 9.85. The molecule has 1 aliphatic heterocycles. The maximum Gasteiger partial charge on any atom is 0.336 e. The molecule has 0 spiro atoms. The number of carbonyl (C=O) groups is 1. The summed E-state index contributed by atoms with van der Waals surface area (Å²) >= 11 is 6.27. The highest BCUT2D eigenvalue weighted by Crippen LogP contribution is 2.34. The summed E-state index contributed by atoms with van der Waals surface area (Å²) in [6.07, 6.45) is 0.426. The Morgan fingerprint density at radius 3 is 2.76 bits per heavy atom. The van der Waals surface area contributed by atoms with Crippen LogP contribution in [0.15, 0.2) is 39.5 Å². The molecule has 0 saturated carbocycles. The minimum atomic E-state index is -0.434. The van der Waals surface area contributed by atoms with Crippen LogP contribution in [0.4, 0.5) is 0 Å². The molecule has 33 heavy (non-hydrogen) atoms. The van der Waals surface area contributed by atoms with Crippen molar-refractivity contribution in [2.45, 2.75) is 52.9 Å². The van der Waals surface area contributed by atoms with Crippen LogP contribution in [0.3, 0.4) is 0 Å². The van der Waals surface area contributed by atoms with Gasteiger partial charge in [-0.05, 0) is 56.5 Å². The van der Waals surface area contributed by atoms with Crippen LogP contribution in [0.1, 0.15) is 42.5 Å². The van der Waals surface area contributed by atoms with Crippen LogP contribution in [0, 0.1) is 6.92 Å². The van der Waals surface area contributed by atoms with Crippen molar-refractivity contribution in [1.82, 2.24) is 0 Å². The number of fused-ring (bicyclic) bond motifs is 2. The highest BCUT2D eigenvalue weighted by Gasteiger charge is 2.18. The van der Waals surface area contributed by atoms with Crippen LogP contribution in [-0.4, -0.2) is 18.9 Å². The van der Waals surface area contributed by atoms with Crippen LogP contribution < -0.4 is 15.1 Å². The second-order valence-corrected chi connectivity index (χ2v) is 8.63. The average molecular weight is 473 g/mol. The Kier molecular flexibility index (Phi) is 6.91. The van der Waals surface area contributed by atoms with Gasteiger partial charge in [0, 0.05) is 40.1 Å². The average Bonchev–Trinajstić information content (AvgIpc) is 2.75.